The van der Waals surface area contributed by atoms with Crippen LogP contribution in [0.4, 0.5) is 11.4 Å². The zero-order valence-corrected chi connectivity index (χ0v) is 30.6. The summed E-state index contributed by atoms with van der Waals surface area (Å²) in [7, 11) is 0. The molecule has 0 spiro atoms. The second-order valence-electron chi connectivity index (χ2n) is 13.8. The molecule has 0 unspecified atom stereocenters. The molecule has 262 valence electrons. The van der Waals surface area contributed by atoms with Gasteiger partial charge >= 0.3 is 0 Å². The molecule has 6 aromatic carbocycles. The highest BCUT2D eigenvalue weighted by Crippen LogP contribution is 2.31. The predicted octanol–water partition coefficient (Wildman–Crippen LogP) is 11.5. The van der Waals surface area contributed by atoms with Gasteiger partial charge in [0.25, 0.3) is 11.8 Å². The van der Waals surface area contributed by atoms with E-state index in [2.05, 4.69) is 22.8 Å². The van der Waals surface area contributed by atoms with E-state index in [4.69, 9.17) is 9.97 Å². The van der Waals surface area contributed by atoms with Crippen LogP contribution in [0.3, 0.4) is 0 Å². The summed E-state index contributed by atoms with van der Waals surface area (Å²) in [5.41, 5.74) is 13.8. The Morgan fingerprint density at radius 3 is 1.19 bits per heavy atom. The lowest BCUT2D eigenvalue weighted by molar-refractivity contribution is 0.102. The molecule has 0 atom stereocenters. The number of para-hydroxylation sites is 2. The van der Waals surface area contributed by atoms with Crippen LogP contribution < -0.4 is 10.6 Å². The lowest BCUT2D eigenvalue weighted by Gasteiger charge is -2.15. The molecule has 0 fully saturated rings. The number of carbonyl (C=O) groups is 2. The molecule has 0 aliphatic heterocycles. The van der Waals surface area contributed by atoms with Crippen molar-refractivity contribution >= 4 is 45.0 Å². The minimum absolute atomic E-state index is 0.193. The molecule has 2 N–H and O–H groups in total. The summed E-state index contributed by atoms with van der Waals surface area (Å²) in [5.74, 6) is -0.386. The van der Waals surface area contributed by atoms with Gasteiger partial charge in [0.2, 0.25) is 0 Å². The number of fused-ring (bicyclic) bond motifs is 2. The Morgan fingerprint density at radius 1 is 0.426 bits per heavy atom. The first-order chi connectivity index (χ1) is 26.2. The summed E-state index contributed by atoms with van der Waals surface area (Å²) in [6, 6.07) is 47.6. The number of aromatic nitrogens is 2. The summed E-state index contributed by atoms with van der Waals surface area (Å²) in [4.78, 5) is 37.4. The Morgan fingerprint density at radius 2 is 0.796 bits per heavy atom. The monoisotopic (exact) mass is 702 g/mol. The van der Waals surface area contributed by atoms with Gasteiger partial charge in [0.1, 0.15) is 0 Å². The minimum atomic E-state index is -0.193. The Bertz CT molecular complexity index is 2540. The second-order valence-corrected chi connectivity index (χ2v) is 13.8. The zero-order chi connectivity index (χ0) is 37.3. The molecular weight excluding hydrogens is 665 g/mol. The highest BCUT2D eigenvalue weighted by atomic mass is 16.2. The third-order valence-electron chi connectivity index (χ3n) is 9.90. The third kappa shape index (κ3) is 6.85. The van der Waals surface area contributed by atoms with E-state index in [0.29, 0.717) is 11.1 Å². The number of aryl methyl sites for hydroxylation is 4. The van der Waals surface area contributed by atoms with Crippen molar-refractivity contribution in [2.75, 3.05) is 10.6 Å². The van der Waals surface area contributed by atoms with Gasteiger partial charge in [-0.25, -0.2) is 9.97 Å². The van der Waals surface area contributed by atoms with Crippen molar-refractivity contribution < 1.29 is 9.59 Å². The van der Waals surface area contributed by atoms with Crippen molar-refractivity contribution in [2.45, 2.75) is 27.7 Å². The van der Waals surface area contributed by atoms with Crippen LogP contribution in [0.5, 0.6) is 0 Å². The Hall–Kier alpha value is -6.92. The fourth-order valence-electron chi connectivity index (χ4n) is 6.82. The number of nitrogens with zero attached hydrogens (tertiary/aromatic N) is 2. The van der Waals surface area contributed by atoms with E-state index in [0.717, 1.165) is 89.1 Å². The van der Waals surface area contributed by atoms with Crippen LogP contribution in [0, 0.1) is 27.7 Å². The summed E-state index contributed by atoms with van der Waals surface area (Å²) < 4.78 is 0. The molecular formula is C48H38N4O2. The maximum Gasteiger partial charge on any atom is 0.256 e. The molecule has 0 bridgehead atoms. The van der Waals surface area contributed by atoms with Crippen molar-refractivity contribution in [2.24, 2.45) is 0 Å². The Labute approximate surface area is 314 Å². The van der Waals surface area contributed by atoms with Gasteiger partial charge in [-0.2, -0.15) is 0 Å². The average Bonchev–Trinajstić information content (AvgIpc) is 3.19. The molecule has 0 radical (unpaired) electrons. The molecule has 2 heterocycles. The van der Waals surface area contributed by atoms with Crippen LogP contribution in [0.1, 0.15) is 43.0 Å². The molecule has 2 amide bonds. The summed E-state index contributed by atoms with van der Waals surface area (Å²) >= 11 is 0. The van der Waals surface area contributed by atoms with Gasteiger partial charge in [-0.1, -0.05) is 108 Å². The van der Waals surface area contributed by atoms with Crippen molar-refractivity contribution in [1.82, 2.24) is 9.97 Å². The number of amides is 2. The molecule has 8 aromatic rings. The van der Waals surface area contributed by atoms with Gasteiger partial charge in [-0.05, 0) is 98.5 Å². The van der Waals surface area contributed by atoms with Gasteiger partial charge in [0.05, 0.1) is 33.5 Å². The molecule has 54 heavy (non-hydrogen) atoms. The molecule has 2 aromatic heterocycles. The maximum absolute atomic E-state index is 13.8. The van der Waals surface area contributed by atoms with Crippen molar-refractivity contribution in [3.8, 4) is 33.6 Å². The lowest BCUT2D eigenvalue weighted by atomic mass is 9.99. The molecule has 0 aliphatic rings. The van der Waals surface area contributed by atoms with Gasteiger partial charge < -0.3 is 10.6 Å². The zero-order valence-electron chi connectivity index (χ0n) is 30.6. The number of hydrogen-bond donors (Lipinski definition) is 2. The van der Waals surface area contributed by atoms with Crippen LogP contribution in [-0.2, 0) is 0 Å². The highest BCUT2D eigenvalue weighted by Gasteiger charge is 2.18. The summed E-state index contributed by atoms with van der Waals surface area (Å²) in [6.45, 7) is 8.09. The maximum atomic E-state index is 13.8. The first kappa shape index (κ1) is 34.2. The number of hydrogen-bond acceptors (Lipinski definition) is 4. The molecule has 6 heteroatoms. The van der Waals surface area contributed by atoms with Crippen LogP contribution >= 0.6 is 0 Å². The number of nitrogens with one attached hydrogen (secondary N) is 2. The predicted molar refractivity (Wildman–Crippen MR) is 221 cm³/mol. The number of benzene rings is 6. The number of rotatable bonds is 7. The van der Waals surface area contributed by atoms with Gasteiger partial charge in [-0.3, -0.25) is 9.59 Å². The van der Waals surface area contributed by atoms with Crippen LogP contribution in [0.15, 0.2) is 146 Å². The van der Waals surface area contributed by atoms with Crippen LogP contribution in [-0.4, -0.2) is 21.8 Å². The fourth-order valence-corrected chi connectivity index (χ4v) is 6.82. The first-order valence-corrected chi connectivity index (χ1v) is 18.0. The topological polar surface area (TPSA) is 84.0 Å². The molecule has 0 saturated carbocycles. The number of anilines is 2. The highest BCUT2D eigenvalue weighted by molar-refractivity contribution is 6.14. The van der Waals surface area contributed by atoms with Gasteiger partial charge in [0.15, 0.2) is 0 Å². The number of carbonyl (C=O) groups excluding carboxylic acids is 2. The normalized spacial score (nSPS) is 11.1. The lowest BCUT2D eigenvalue weighted by Crippen LogP contribution is -2.14. The van der Waals surface area contributed by atoms with E-state index in [1.54, 1.807) is 0 Å². The molecule has 0 aliphatic carbocycles. The van der Waals surface area contributed by atoms with E-state index in [9.17, 15) is 9.59 Å². The Balaban J connectivity index is 1.03. The van der Waals surface area contributed by atoms with Crippen molar-refractivity contribution in [1.29, 1.82) is 0 Å². The third-order valence-corrected chi connectivity index (χ3v) is 9.90. The Kier molecular flexibility index (Phi) is 9.02. The largest absolute Gasteiger partial charge is 0.322 e. The molecule has 0 saturated heterocycles. The van der Waals surface area contributed by atoms with Crippen molar-refractivity contribution in [3.63, 3.8) is 0 Å². The van der Waals surface area contributed by atoms with Gasteiger partial charge in [0, 0.05) is 33.3 Å². The van der Waals surface area contributed by atoms with E-state index < -0.39 is 0 Å². The quantitative estimate of drug-likeness (QED) is 0.173. The standard InChI is InChI=1S/C48H38N4O2/c1-29-13-17-33(18-14-29)45-27-39(37-9-5-7-11-43(37)49-45)47(53)51-41-23-21-35(25-31(41)3)36-22-24-42(32(4)26-36)52-48(54)40-28-46(34-19-15-30(2)16-20-34)50-44-12-8-6-10-38(40)44/h5-28H,1-4H3,(H,51,53)(H,52,54). The molecule has 6 nitrogen and oxygen atoms in total. The summed E-state index contributed by atoms with van der Waals surface area (Å²) in [5, 5.41) is 7.90. The smallest absolute Gasteiger partial charge is 0.256 e. The van der Waals surface area contributed by atoms with Crippen LogP contribution in [0.2, 0.25) is 0 Å². The first-order valence-electron chi connectivity index (χ1n) is 18.0. The number of pyridine rings is 2. The van der Waals surface area contributed by atoms with Gasteiger partial charge in [-0.15, -0.1) is 0 Å². The van der Waals surface area contributed by atoms with Crippen molar-refractivity contribution in [3.05, 3.63) is 179 Å². The van der Waals surface area contributed by atoms with E-state index in [1.807, 2.05) is 161 Å². The minimum Gasteiger partial charge on any atom is -0.322 e. The molecule has 8 rings (SSSR count). The van der Waals surface area contributed by atoms with E-state index in [-0.39, 0.29) is 11.8 Å². The van der Waals surface area contributed by atoms with Crippen LogP contribution in [0.25, 0.3) is 55.4 Å². The van der Waals surface area contributed by atoms with E-state index in [1.165, 1.54) is 0 Å². The van der Waals surface area contributed by atoms with E-state index >= 15 is 0 Å². The fraction of sp³-hybridized carbons (Fsp3) is 0.0833. The average molecular weight is 703 g/mol. The SMILES string of the molecule is Cc1ccc(-c2cc(C(=O)Nc3ccc(-c4ccc(NC(=O)c5cc(-c6ccc(C)cc6)nc6ccccc56)c(C)c4)cc3C)c3ccccc3n2)cc1. The summed E-state index contributed by atoms with van der Waals surface area (Å²) in [6.07, 6.45) is 0. The second kappa shape index (κ2) is 14.2.